The van der Waals surface area contributed by atoms with Crippen LogP contribution in [0.1, 0.15) is 23.1 Å². The van der Waals surface area contributed by atoms with Gasteiger partial charge in [0, 0.05) is 12.2 Å². The highest BCUT2D eigenvalue weighted by molar-refractivity contribution is 7.89. The number of carbonyl (C=O) groups excluding carboxylic acids is 2. The Hall–Kier alpha value is -2.71. The van der Waals surface area contributed by atoms with Crippen LogP contribution in [-0.2, 0) is 24.3 Å². The van der Waals surface area contributed by atoms with Crippen LogP contribution in [0.5, 0.6) is 0 Å². The van der Waals surface area contributed by atoms with E-state index in [1.165, 1.54) is 6.07 Å². The van der Waals surface area contributed by atoms with Crippen LogP contribution in [0, 0.1) is 20.8 Å². The number of nitrogens with one attached hydrogen (secondary N) is 2. The van der Waals surface area contributed by atoms with Crippen LogP contribution >= 0.6 is 0 Å². The van der Waals surface area contributed by atoms with E-state index >= 15 is 0 Å². The quantitative estimate of drug-likeness (QED) is 0.658. The van der Waals surface area contributed by atoms with Gasteiger partial charge in [0.1, 0.15) is 0 Å². The first-order chi connectivity index (χ1) is 13.2. The topological polar surface area (TPSA) is 102 Å². The van der Waals surface area contributed by atoms with Crippen molar-refractivity contribution in [2.45, 2.75) is 32.1 Å². The van der Waals surface area contributed by atoms with Gasteiger partial charge in [-0.3, -0.25) is 9.59 Å². The van der Waals surface area contributed by atoms with E-state index < -0.39 is 28.5 Å². The van der Waals surface area contributed by atoms with Crippen molar-refractivity contribution in [2.24, 2.45) is 0 Å². The van der Waals surface area contributed by atoms with Gasteiger partial charge in [-0.25, -0.2) is 13.1 Å². The molecule has 7 nitrogen and oxygen atoms in total. The van der Waals surface area contributed by atoms with E-state index in [0.29, 0.717) is 5.69 Å². The third-order valence-electron chi connectivity index (χ3n) is 4.08. The zero-order chi connectivity index (χ0) is 20.7. The predicted octanol–water partition coefficient (Wildman–Crippen LogP) is 2.46. The first kappa shape index (κ1) is 21.6. The van der Waals surface area contributed by atoms with E-state index in [9.17, 15) is 18.0 Å². The number of aryl methyl sites for hydroxylation is 3. The Morgan fingerprint density at radius 1 is 1.00 bits per heavy atom. The summed E-state index contributed by atoms with van der Waals surface area (Å²) in [6.45, 7) is 5.07. The summed E-state index contributed by atoms with van der Waals surface area (Å²) < 4.78 is 31.7. The van der Waals surface area contributed by atoms with Crippen LogP contribution in [0.3, 0.4) is 0 Å². The van der Waals surface area contributed by atoms with E-state index in [-0.39, 0.29) is 17.9 Å². The van der Waals surface area contributed by atoms with Crippen LogP contribution in [-0.4, -0.2) is 33.4 Å². The Morgan fingerprint density at radius 2 is 1.75 bits per heavy atom. The highest BCUT2D eigenvalue weighted by atomic mass is 32.2. The van der Waals surface area contributed by atoms with Gasteiger partial charge in [0.05, 0.1) is 11.3 Å². The molecule has 0 bridgehead atoms. The highest BCUT2D eigenvalue weighted by Gasteiger charge is 2.15. The number of carbonyl (C=O) groups is 2. The molecule has 2 rings (SSSR count). The monoisotopic (exact) mass is 404 g/mol. The molecular weight excluding hydrogens is 380 g/mol. The van der Waals surface area contributed by atoms with E-state index in [1.54, 1.807) is 30.3 Å². The van der Waals surface area contributed by atoms with Gasteiger partial charge >= 0.3 is 5.97 Å². The van der Waals surface area contributed by atoms with Crippen LogP contribution < -0.4 is 10.0 Å². The van der Waals surface area contributed by atoms with Crippen LogP contribution in [0.25, 0.3) is 0 Å². The molecule has 28 heavy (non-hydrogen) atoms. The molecular formula is C20H24N2O5S. The third kappa shape index (κ3) is 6.47. The lowest BCUT2D eigenvalue weighted by molar-refractivity contribution is -0.147. The summed E-state index contributed by atoms with van der Waals surface area (Å²) >= 11 is 0. The van der Waals surface area contributed by atoms with Gasteiger partial charge in [-0.15, -0.1) is 0 Å². The van der Waals surface area contributed by atoms with Crippen LogP contribution in [0.15, 0.2) is 47.4 Å². The second-order valence-corrected chi connectivity index (χ2v) is 8.24. The van der Waals surface area contributed by atoms with Crippen molar-refractivity contribution >= 4 is 27.6 Å². The molecule has 150 valence electrons. The minimum absolute atomic E-state index is 0.117. The molecule has 0 aromatic heterocycles. The number of anilines is 1. The second-order valence-electron chi connectivity index (χ2n) is 6.47. The van der Waals surface area contributed by atoms with E-state index in [4.69, 9.17) is 4.74 Å². The summed E-state index contributed by atoms with van der Waals surface area (Å²) in [6, 6.07) is 12.0. The van der Waals surface area contributed by atoms with Gasteiger partial charge in [0.15, 0.2) is 6.61 Å². The lowest BCUT2D eigenvalue weighted by Gasteiger charge is -2.09. The smallest absolute Gasteiger partial charge is 0.307 e. The summed E-state index contributed by atoms with van der Waals surface area (Å²) in [5, 5.41) is 2.62. The lowest BCUT2D eigenvalue weighted by Crippen LogP contribution is -2.28. The molecule has 0 atom stereocenters. The Bertz CT molecular complexity index is 970. The normalized spacial score (nSPS) is 11.1. The number of ether oxygens (including phenoxy) is 1. The van der Waals surface area contributed by atoms with Crippen molar-refractivity contribution in [2.75, 3.05) is 18.5 Å². The Morgan fingerprint density at radius 3 is 2.43 bits per heavy atom. The Balaban J connectivity index is 1.76. The first-order valence-corrected chi connectivity index (χ1v) is 10.2. The average Bonchev–Trinajstić information content (AvgIpc) is 2.62. The van der Waals surface area contributed by atoms with Gasteiger partial charge in [0.2, 0.25) is 10.0 Å². The highest BCUT2D eigenvalue weighted by Crippen LogP contribution is 2.14. The molecule has 0 radical (unpaired) electrons. The number of sulfonamides is 1. The van der Waals surface area contributed by atoms with Gasteiger partial charge < -0.3 is 10.1 Å². The van der Waals surface area contributed by atoms with Crippen LogP contribution in [0.4, 0.5) is 5.69 Å². The second kappa shape index (κ2) is 9.48. The molecule has 0 fully saturated rings. The maximum absolute atomic E-state index is 12.2. The molecule has 1 amide bonds. The fourth-order valence-electron chi connectivity index (χ4n) is 2.39. The van der Waals surface area contributed by atoms with Gasteiger partial charge in [-0.1, -0.05) is 18.2 Å². The largest absolute Gasteiger partial charge is 0.456 e. The molecule has 2 aromatic rings. The van der Waals surface area contributed by atoms with E-state index in [0.717, 1.165) is 16.7 Å². The average molecular weight is 404 g/mol. The van der Waals surface area contributed by atoms with E-state index in [2.05, 4.69) is 10.0 Å². The molecule has 0 saturated carbocycles. The molecule has 8 heteroatoms. The number of hydrogen-bond acceptors (Lipinski definition) is 5. The SMILES string of the molecule is Cc1cccc(NC(=O)COC(=O)CCNS(=O)(=O)c2ccc(C)c(C)c2)c1. The molecule has 0 spiro atoms. The van der Waals surface area contributed by atoms with Crippen LogP contribution in [0.2, 0.25) is 0 Å². The minimum Gasteiger partial charge on any atom is -0.456 e. The molecule has 0 heterocycles. The zero-order valence-electron chi connectivity index (χ0n) is 16.1. The van der Waals surface area contributed by atoms with Crippen molar-refractivity contribution in [1.82, 2.24) is 4.72 Å². The van der Waals surface area contributed by atoms with Crippen molar-refractivity contribution in [3.05, 3.63) is 59.2 Å². The molecule has 0 aliphatic carbocycles. The predicted molar refractivity (Wildman–Crippen MR) is 106 cm³/mol. The molecule has 0 unspecified atom stereocenters. The van der Waals surface area contributed by atoms with Gasteiger partial charge in [-0.05, 0) is 61.7 Å². The fourth-order valence-corrected chi connectivity index (χ4v) is 3.51. The number of hydrogen-bond donors (Lipinski definition) is 2. The third-order valence-corrected chi connectivity index (χ3v) is 5.53. The maximum atomic E-state index is 12.2. The lowest BCUT2D eigenvalue weighted by atomic mass is 10.1. The Labute approximate surface area is 165 Å². The Kier molecular flexibility index (Phi) is 7.31. The molecule has 0 saturated heterocycles. The molecule has 2 N–H and O–H groups in total. The zero-order valence-corrected chi connectivity index (χ0v) is 16.9. The summed E-state index contributed by atoms with van der Waals surface area (Å²) in [6.07, 6.45) is -0.179. The molecule has 0 aliphatic heterocycles. The summed E-state index contributed by atoms with van der Waals surface area (Å²) in [7, 11) is -3.71. The number of benzene rings is 2. The van der Waals surface area contributed by atoms with Crippen molar-refractivity contribution < 1.29 is 22.7 Å². The minimum atomic E-state index is -3.71. The van der Waals surface area contributed by atoms with E-state index in [1.807, 2.05) is 26.8 Å². The fraction of sp³-hybridized carbons (Fsp3) is 0.300. The summed E-state index contributed by atoms with van der Waals surface area (Å²) in [4.78, 5) is 23.7. The van der Waals surface area contributed by atoms with Gasteiger partial charge in [-0.2, -0.15) is 0 Å². The van der Waals surface area contributed by atoms with Crippen molar-refractivity contribution in [3.8, 4) is 0 Å². The molecule has 0 aliphatic rings. The summed E-state index contributed by atoms with van der Waals surface area (Å²) in [5.74, 6) is -1.13. The summed E-state index contributed by atoms with van der Waals surface area (Å²) in [5.41, 5.74) is 3.46. The maximum Gasteiger partial charge on any atom is 0.307 e. The molecule has 2 aromatic carbocycles. The standard InChI is InChI=1S/C20H24N2O5S/c1-14-5-4-6-17(11-14)22-19(23)13-27-20(24)9-10-21-28(25,26)18-8-7-15(2)16(3)12-18/h4-8,11-12,21H,9-10,13H2,1-3H3,(H,22,23). The number of rotatable bonds is 8. The number of amides is 1. The van der Waals surface area contributed by atoms with Crippen molar-refractivity contribution in [3.63, 3.8) is 0 Å². The first-order valence-electron chi connectivity index (χ1n) is 8.76. The van der Waals surface area contributed by atoms with Gasteiger partial charge in [0.25, 0.3) is 5.91 Å². The number of esters is 1. The van der Waals surface area contributed by atoms with Crippen molar-refractivity contribution in [1.29, 1.82) is 0 Å².